The maximum Gasteiger partial charge on any atom is 0.244 e. The van der Waals surface area contributed by atoms with Gasteiger partial charge in [0, 0.05) is 47.7 Å². The van der Waals surface area contributed by atoms with Crippen LogP contribution in [0.3, 0.4) is 0 Å². The molecule has 2 aromatic heterocycles. The summed E-state index contributed by atoms with van der Waals surface area (Å²) in [6, 6.07) is 12.9. The number of rotatable bonds is 6. The van der Waals surface area contributed by atoms with E-state index in [1.807, 2.05) is 30.3 Å². The molecule has 3 aromatic rings. The quantitative estimate of drug-likeness (QED) is 0.669. The highest BCUT2D eigenvalue weighted by molar-refractivity contribution is 6.30. The van der Waals surface area contributed by atoms with Gasteiger partial charge < -0.3 is 10.3 Å². The SMILES string of the molecule is O=C(C=C(c1ccc(Cl)cc1)c1ccccn1)NCCc1cnc[nH]1. The molecule has 0 saturated carbocycles. The Labute approximate surface area is 150 Å². The summed E-state index contributed by atoms with van der Waals surface area (Å²) in [6.07, 6.45) is 7.33. The van der Waals surface area contributed by atoms with Crippen LogP contribution in [0.4, 0.5) is 0 Å². The van der Waals surface area contributed by atoms with E-state index in [1.165, 1.54) is 0 Å². The third-order valence-corrected chi connectivity index (χ3v) is 3.87. The number of aromatic amines is 1. The van der Waals surface area contributed by atoms with Crippen molar-refractivity contribution in [1.82, 2.24) is 20.3 Å². The van der Waals surface area contributed by atoms with E-state index in [9.17, 15) is 4.79 Å². The van der Waals surface area contributed by atoms with Crippen molar-refractivity contribution in [2.75, 3.05) is 6.54 Å². The summed E-state index contributed by atoms with van der Waals surface area (Å²) in [5.41, 5.74) is 3.34. The van der Waals surface area contributed by atoms with Gasteiger partial charge in [0.15, 0.2) is 0 Å². The molecule has 5 nitrogen and oxygen atoms in total. The van der Waals surface area contributed by atoms with Gasteiger partial charge in [0.05, 0.1) is 12.0 Å². The maximum atomic E-state index is 12.3. The number of benzene rings is 1. The Bertz CT molecular complexity index is 843. The van der Waals surface area contributed by atoms with Crippen molar-refractivity contribution in [3.8, 4) is 0 Å². The molecular weight excluding hydrogens is 336 g/mol. The summed E-state index contributed by atoms with van der Waals surface area (Å²) in [4.78, 5) is 23.6. The van der Waals surface area contributed by atoms with Crippen LogP contribution in [0, 0.1) is 0 Å². The molecule has 0 bridgehead atoms. The van der Waals surface area contributed by atoms with Crippen LogP contribution in [-0.2, 0) is 11.2 Å². The first kappa shape index (κ1) is 16.9. The Morgan fingerprint density at radius 2 is 2.04 bits per heavy atom. The van der Waals surface area contributed by atoms with Gasteiger partial charge >= 0.3 is 0 Å². The van der Waals surface area contributed by atoms with Crippen molar-refractivity contribution in [1.29, 1.82) is 0 Å². The van der Waals surface area contributed by atoms with Crippen LogP contribution >= 0.6 is 11.6 Å². The molecule has 2 heterocycles. The zero-order valence-electron chi connectivity index (χ0n) is 13.4. The standard InChI is InChI=1S/C19H17ClN4O/c20-15-6-4-14(5-7-15)17(18-3-1-2-9-22-18)11-19(25)23-10-8-16-12-21-13-24-16/h1-7,9,11-13H,8,10H2,(H,21,24)(H,23,25). The number of H-pyrrole nitrogens is 1. The Morgan fingerprint density at radius 3 is 2.72 bits per heavy atom. The summed E-state index contributed by atoms with van der Waals surface area (Å²) in [7, 11) is 0. The molecule has 0 aliphatic carbocycles. The molecule has 3 rings (SSSR count). The van der Waals surface area contributed by atoms with Gasteiger partial charge in [-0.3, -0.25) is 9.78 Å². The van der Waals surface area contributed by atoms with Crippen LogP contribution in [0.2, 0.25) is 5.02 Å². The largest absolute Gasteiger partial charge is 0.352 e. The minimum absolute atomic E-state index is 0.171. The minimum atomic E-state index is -0.171. The number of imidazole rings is 1. The predicted octanol–water partition coefficient (Wildman–Crippen LogP) is 3.25. The first-order valence-corrected chi connectivity index (χ1v) is 8.24. The molecule has 0 aliphatic rings. The van der Waals surface area contributed by atoms with Crippen LogP contribution in [-0.4, -0.2) is 27.4 Å². The van der Waals surface area contributed by atoms with Gasteiger partial charge in [0.25, 0.3) is 0 Å². The van der Waals surface area contributed by atoms with Gasteiger partial charge in [-0.2, -0.15) is 0 Å². The van der Waals surface area contributed by atoms with Crippen LogP contribution in [0.1, 0.15) is 17.0 Å². The summed E-state index contributed by atoms with van der Waals surface area (Å²) in [5.74, 6) is -0.171. The van der Waals surface area contributed by atoms with Crippen molar-refractivity contribution >= 4 is 23.1 Å². The Hall–Kier alpha value is -2.92. The van der Waals surface area contributed by atoms with Gasteiger partial charge in [-0.15, -0.1) is 0 Å². The first-order chi connectivity index (χ1) is 12.2. The van der Waals surface area contributed by atoms with Gasteiger partial charge in [-0.25, -0.2) is 4.98 Å². The van der Waals surface area contributed by atoms with Gasteiger partial charge in [0.2, 0.25) is 5.91 Å². The lowest BCUT2D eigenvalue weighted by molar-refractivity contribution is -0.116. The second-order valence-corrected chi connectivity index (χ2v) is 5.83. The van der Waals surface area contributed by atoms with Gasteiger partial charge in [0.1, 0.15) is 0 Å². The zero-order chi connectivity index (χ0) is 17.5. The van der Waals surface area contributed by atoms with E-state index in [2.05, 4.69) is 20.3 Å². The highest BCUT2D eigenvalue weighted by Gasteiger charge is 2.09. The van der Waals surface area contributed by atoms with Gasteiger partial charge in [-0.1, -0.05) is 29.8 Å². The number of amides is 1. The molecule has 1 amide bonds. The Kier molecular flexibility index (Phi) is 5.59. The maximum absolute atomic E-state index is 12.3. The normalized spacial score (nSPS) is 11.3. The third kappa shape index (κ3) is 4.78. The summed E-state index contributed by atoms with van der Waals surface area (Å²) < 4.78 is 0. The van der Waals surface area contributed by atoms with Crippen molar-refractivity contribution in [3.63, 3.8) is 0 Å². The van der Waals surface area contributed by atoms with Gasteiger partial charge in [-0.05, 0) is 29.8 Å². The molecule has 0 spiro atoms. The van der Waals surface area contributed by atoms with E-state index in [4.69, 9.17) is 11.6 Å². The average Bonchev–Trinajstić information content (AvgIpc) is 3.15. The van der Waals surface area contributed by atoms with E-state index in [0.717, 1.165) is 22.5 Å². The first-order valence-electron chi connectivity index (χ1n) is 7.86. The fourth-order valence-electron chi connectivity index (χ4n) is 2.38. The molecule has 0 saturated heterocycles. The number of hydrogen-bond donors (Lipinski definition) is 2. The molecule has 0 fully saturated rings. The molecule has 1 aromatic carbocycles. The van der Waals surface area contributed by atoms with Crippen molar-refractivity contribution in [3.05, 3.63) is 89.2 Å². The summed E-state index contributed by atoms with van der Waals surface area (Å²) >= 11 is 5.96. The number of hydrogen-bond acceptors (Lipinski definition) is 3. The monoisotopic (exact) mass is 352 g/mol. The number of halogens is 1. The van der Waals surface area contributed by atoms with E-state index in [0.29, 0.717) is 18.0 Å². The number of pyridine rings is 1. The fourth-order valence-corrected chi connectivity index (χ4v) is 2.51. The number of nitrogens with one attached hydrogen (secondary N) is 2. The lowest BCUT2D eigenvalue weighted by Crippen LogP contribution is -2.24. The second-order valence-electron chi connectivity index (χ2n) is 5.40. The Morgan fingerprint density at radius 1 is 1.20 bits per heavy atom. The lowest BCUT2D eigenvalue weighted by atomic mass is 10.0. The summed E-state index contributed by atoms with van der Waals surface area (Å²) in [5, 5.41) is 3.53. The average molecular weight is 353 g/mol. The van der Waals surface area contributed by atoms with E-state index < -0.39 is 0 Å². The molecule has 0 atom stereocenters. The molecule has 0 radical (unpaired) electrons. The molecule has 126 valence electrons. The molecule has 0 aliphatic heterocycles. The zero-order valence-corrected chi connectivity index (χ0v) is 14.2. The second kappa shape index (κ2) is 8.26. The molecule has 0 unspecified atom stereocenters. The topological polar surface area (TPSA) is 70.7 Å². The van der Waals surface area contributed by atoms with Crippen LogP contribution in [0.15, 0.2) is 67.3 Å². The molecule has 25 heavy (non-hydrogen) atoms. The number of carbonyl (C=O) groups is 1. The van der Waals surface area contributed by atoms with E-state index in [-0.39, 0.29) is 5.91 Å². The Balaban J connectivity index is 1.77. The molecule has 6 heteroatoms. The number of aromatic nitrogens is 3. The highest BCUT2D eigenvalue weighted by atomic mass is 35.5. The summed E-state index contributed by atoms with van der Waals surface area (Å²) in [6.45, 7) is 0.521. The van der Waals surface area contributed by atoms with Crippen LogP contribution < -0.4 is 5.32 Å². The van der Waals surface area contributed by atoms with E-state index >= 15 is 0 Å². The number of nitrogens with zero attached hydrogens (tertiary/aromatic N) is 2. The van der Waals surface area contributed by atoms with Crippen molar-refractivity contribution in [2.24, 2.45) is 0 Å². The van der Waals surface area contributed by atoms with Crippen molar-refractivity contribution in [2.45, 2.75) is 6.42 Å². The molecular formula is C19H17ClN4O. The molecule has 2 N–H and O–H groups in total. The van der Waals surface area contributed by atoms with E-state index in [1.54, 1.807) is 36.9 Å². The van der Waals surface area contributed by atoms with Crippen LogP contribution in [0.25, 0.3) is 5.57 Å². The number of carbonyl (C=O) groups excluding carboxylic acids is 1. The third-order valence-electron chi connectivity index (χ3n) is 3.62. The fraction of sp³-hybridized carbons (Fsp3) is 0.105. The van der Waals surface area contributed by atoms with Crippen LogP contribution in [0.5, 0.6) is 0 Å². The van der Waals surface area contributed by atoms with Crippen molar-refractivity contribution < 1.29 is 4.79 Å². The smallest absolute Gasteiger partial charge is 0.244 e. The highest BCUT2D eigenvalue weighted by Crippen LogP contribution is 2.23. The minimum Gasteiger partial charge on any atom is -0.352 e. The lowest BCUT2D eigenvalue weighted by Gasteiger charge is -2.08. The predicted molar refractivity (Wildman–Crippen MR) is 98.1 cm³/mol.